The highest BCUT2D eigenvalue weighted by Crippen LogP contribution is 2.04. The summed E-state index contributed by atoms with van der Waals surface area (Å²) < 4.78 is 5.00. The van der Waals surface area contributed by atoms with Gasteiger partial charge in [-0.25, -0.2) is 4.98 Å². The summed E-state index contributed by atoms with van der Waals surface area (Å²) in [4.78, 5) is 15.2. The summed E-state index contributed by atoms with van der Waals surface area (Å²) in [5.41, 5.74) is 5.20. The standard InChI is InChI=1S/C8H12N2O2S/c9-1-3-12-6-7(11)5-8-10-2-4-13-8/h2,4H,1,3,5-6,9H2. The normalized spacial score (nSPS) is 10.2. The molecule has 0 amide bonds. The predicted molar refractivity (Wildman–Crippen MR) is 50.7 cm³/mol. The number of hydrogen-bond donors (Lipinski definition) is 1. The van der Waals surface area contributed by atoms with E-state index in [2.05, 4.69) is 4.98 Å². The van der Waals surface area contributed by atoms with Crippen LogP contribution in [0.5, 0.6) is 0 Å². The average Bonchev–Trinajstić information content (AvgIpc) is 2.57. The van der Waals surface area contributed by atoms with Gasteiger partial charge >= 0.3 is 0 Å². The number of nitrogens with two attached hydrogens (primary N) is 1. The van der Waals surface area contributed by atoms with Gasteiger partial charge in [0.2, 0.25) is 0 Å². The van der Waals surface area contributed by atoms with Gasteiger partial charge in [0.05, 0.1) is 18.0 Å². The third kappa shape index (κ3) is 4.12. The molecule has 0 aliphatic carbocycles. The van der Waals surface area contributed by atoms with Gasteiger partial charge < -0.3 is 10.5 Å². The van der Waals surface area contributed by atoms with E-state index < -0.39 is 0 Å². The first-order chi connectivity index (χ1) is 6.33. The van der Waals surface area contributed by atoms with Crippen molar-refractivity contribution in [2.75, 3.05) is 19.8 Å². The number of carbonyl (C=O) groups excluding carboxylic acids is 1. The number of hydrogen-bond acceptors (Lipinski definition) is 5. The van der Waals surface area contributed by atoms with Crippen molar-refractivity contribution < 1.29 is 9.53 Å². The molecule has 4 nitrogen and oxygen atoms in total. The maximum atomic E-state index is 11.2. The fourth-order valence-corrected chi connectivity index (χ4v) is 1.47. The minimum atomic E-state index is 0.0448. The SMILES string of the molecule is NCCOCC(=O)Cc1nccs1. The van der Waals surface area contributed by atoms with Gasteiger partial charge in [0, 0.05) is 18.1 Å². The highest BCUT2D eigenvalue weighted by Gasteiger charge is 2.04. The molecule has 1 heterocycles. The van der Waals surface area contributed by atoms with E-state index in [1.807, 2.05) is 5.38 Å². The van der Waals surface area contributed by atoms with Crippen molar-refractivity contribution >= 4 is 17.1 Å². The zero-order valence-electron chi connectivity index (χ0n) is 7.23. The second kappa shape index (κ2) is 5.80. The molecule has 0 aromatic carbocycles. The van der Waals surface area contributed by atoms with Crippen LogP contribution in [0.25, 0.3) is 0 Å². The molecule has 1 rings (SSSR count). The maximum Gasteiger partial charge on any atom is 0.165 e. The third-order valence-electron chi connectivity index (χ3n) is 1.36. The van der Waals surface area contributed by atoms with Crippen LogP contribution in [-0.4, -0.2) is 30.5 Å². The van der Waals surface area contributed by atoms with Crippen LogP contribution >= 0.6 is 11.3 Å². The summed E-state index contributed by atoms with van der Waals surface area (Å²) in [7, 11) is 0. The Morgan fingerprint density at radius 1 is 1.69 bits per heavy atom. The third-order valence-corrected chi connectivity index (χ3v) is 2.14. The van der Waals surface area contributed by atoms with E-state index in [0.29, 0.717) is 19.6 Å². The number of nitrogens with zero attached hydrogens (tertiary/aromatic N) is 1. The van der Waals surface area contributed by atoms with Crippen molar-refractivity contribution in [2.24, 2.45) is 5.73 Å². The van der Waals surface area contributed by atoms with Crippen molar-refractivity contribution in [1.29, 1.82) is 0 Å². The lowest BCUT2D eigenvalue weighted by molar-refractivity contribution is -0.122. The number of ether oxygens (including phenoxy) is 1. The van der Waals surface area contributed by atoms with Crippen LogP contribution < -0.4 is 5.73 Å². The Morgan fingerprint density at radius 2 is 2.54 bits per heavy atom. The second-order valence-electron chi connectivity index (χ2n) is 2.48. The Kier molecular flexibility index (Phi) is 4.59. The summed E-state index contributed by atoms with van der Waals surface area (Å²) in [6.07, 6.45) is 2.05. The number of thiazole rings is 1. The summed E-state index contributed by atoms with van der Waals surface area (Å²) in [5.74, 6) is 0.0448. The summed E-state index contributed by atoms with van der Waals surface area (Å²) in [6.45, 7) is 1.02. The molecule has 1 aromatic heterocycles. The van der Waals surface area contributed by atoms with Crippen LogP contribution in [0.4, 0.5) is 0 Å². The van der Waals surface area contributed by atoms with Gasteiger partial charge in [0.25, 0.3) is 0 Å². The molecular weight excluding hydrogens is 188 g/mol. The topological polar surface area (TPSA) is 65.2 Å². The van der Waals surface area contributed by atoms with E-state index >= 15 is 0 Å². The number of aromatic nitrogens is 1. The molecule has 1 aromatic rings. The van der Waals surface area contributed by atoms with Crippen LogP contribution in [0.15, 0.2) is 11.6 Å². The van der Waals surface area contributed by atoms with E-state index in [1.54, 1.807) is 6.20 Å². The number of rotatable bonds is 6. The first kappa shape index (κ1) is 10.3. The van der Waals surface area contributed by atoms with E-state index in [1.165, 1.54) is 11.3 Å². The van der Waals surface area contributed by atoms with Gasteiger partial charge in [-0.15, -0.1) is 11.3 Å². The van der Waals surface area contributed by atoms with Crippen molar-refractivity contribution in [3.05, 3.63) is 16.6 Å². The lowest BCUT2D eigenvalue weighted by Crippen LogP contribution is -2.15. The van der Waals surface area contributed by atoms with Crippen LogP contribution in [0.2, 0.25) is 0 Å². The minimum absolute atomic E-state index is 0.0448. The first-order valence-corrected chi connectivity index (χ1v) is 4.89. The minimum Gasteiger partial charge on any atom is -0.372 e. The number of carbonyl (C=O) groups is 1. The Bertz CT molecular complexity index is 249. The molecule has 0 saturated heterocycles. The molecule has 2 N–H and O–H groups in total. The molecule has 0 saturated carbocycles. The van der Waals surface area contributed by atoms with E-state index in [-0.39, 0.29) is 12.4 Å². The maximum absolute atomic E-state index is 11.2. The van der Waals surface area contributed by atoms with Gasteiger partial charge in [0.1, 0.15) is 6.61 Å². The van der Waals surface area contributed by atoms with E-state index in [9.17, 15) is 4.79 Å². The molecular formula is C8H12N2O2S. The van der Waals surface area contributed by atoms with Gasteiger partial charge in [-0.3, -0.25) is 4.79 Å². The molecule has 5 heteroatoms. The first-order valence-electron chi connectivity index (χ1n) is 4.01. The lowest BCUT2D eigenvalue weighted by Gasteiger charge is -1.99. The summed E-state index contributed by atoms with van der Waals surface area (Å²) >= 11 is 1.48. The number of Topliss-reactive ketones (excluding diaryl/α,β-unsaturated/α-hetero) is 1. The molecule has 72 valence electrons. The van der Waals surface area contributed by atoms with Crippen LogP contribution in [0, 0.1) is 0 Å². The van der Waals surface area contributed by atoms with Crippen LogP contribution in [0.1, 0.15) is 5.01 Å². The molecule has 0 bridgehead atoms. The average molecular weight is 200 g/mol. The smallest absolute Gasteiger partial charge is 0.165 e. The molecule has 0 atom stereocenters. The monoisotopic (exact) mass is 200 g/mol. The van der Waals surface area contributed by atoms with Crippen molar-refractivity contribution in [3.8, 4) is 0 Å². The van der Waals surface area contributed by atoms with Gasteiger partial charge in [-0.1, -0.05) is 0 Å². The highest BCUT2D eigenvalue weighted by atomic mass is 32.1. The zero-order valence-corrected chi connectivity index (χ0v) is 8.05. The highest BCUT2D eigenvalue weighted by molar-refractivity contribution is 7.09. The van der Waals surface area contributed by atoms with Crippen LogP contribution in [-0.2, 0) is 16.0 Å². The van der Waals surface area contributed by atoms with Gasteiger partial charge in [-0.2, -0.15) is 0 Å². The molecule has 0 unspecified atom stereocenters. The summed E-state index contributed by atoms with van der Waals surface area (Å²) in [6, 6.07) is 0. The Morgan fingerprint density at radius 3 is 3.15 bits per heavy atom. The van der Waals surface area contributed by atoms with Gasteiger partial charge in [0.15, 0.2) is 5.78 Å². The van der Waals surface area contributed by atoms with E-state index in [0.717, 1.165) is 5.01 Å². The lowest BCUT2D eigenvalue weighted by atomic mass is 10.3. The van der Waals surface area contributed by atoms with E-state index in [4.69, 9.17) is 10.5 Å². The fraction of sp³-hybridized carbons (Fsp3) is 0.500. The van der Waals surface area contributed by atoms with Crippen molar-refractivity contribution in [1.82, 2.24) is 4.98 Å². The fourth-order valence-electron chi connectivity index (χ4n) is 0.829. The zero-order chi connectivity index (χ0) is 9.52. The van der Waals surface area contributed by atoms with Gasteiger partial charge in [-0.05, 0) is 0 Å². The molecule has 0 spiro atoms. The Balaban J connectivity index is 2.18. The number of ketones is 1. The summed E-state index contributed by atoms with van der Waals surface area (Å²) in [5, 5.41) is 2.69. The Labute approximate surface area is 80.7 Å². The molecule has 0 fully saturated rings. The second-order valence-corrected chi connectivity index (χ2v) is 3.46. The molecule has 0 aliphatic rings. The van der Waals surface area contributed by atoms with Crippen molar-refractivity contribution in [2.45, 2.75) is 6.42 Å². The van der Waals surface area contributed by atoms with Crippen LogP contribution in [0.3, 0.4) is 0 Å². The predicted octanol–water partition coefficient (Wildman–Crippen LogP) is 0.230. The molecule has 13 heavy (non-hydrogen) atoms. The molecule has 0 aliphatic heterocycles. The Hall–Kier alpha value is -0.780. The van der Waals surface area contributed by atoms with Crippen molar-refractivity contribution in [3.63, 3.8) is 0 Å². The molecule has 0 radical (unpaired) electrons. The quantitative estimate of drug-likeness (QED) is 0.668. The largest absolute Gasteiger partial charge is 0.372 e.